The summed E-state index contributed by atoms with van der Waals surface area (Å²) in [5.74, 6) is 0. The zero-order valence-electron chi connectivity index (χ0n) is 15.6. The molecule has 140 valence electrons. The van der Waals surface area contributed by atoms with Crippen LogP contribution in [0.4, 0.5) is 0 Å². The first-order valence-electron chi connectivity index (χ1n) is 9.44. The molecule has 0 spiro atoms. The van der Waals surface area contributed by atoms with Crippen LogP contribution in [0.2, 0.25) is 0 Å². The van der Waals surface area contributed by atoms with Crippen molar-refractivity contribution in [1.82, 2.24) is 14.3 Å². The van der Waals surface area contributed by atoms with Crippen molar-refractivity contribution < 1.29 is 9.53 Å². The molecule has 1 saturated heterocycles. The van der Waals surface area contributed by atoms with Crippen molar-refractivity contribution in [2.24, 2.45) is 0 Å². The van der Waals surface area contributed by atoms with E-state index in [1.807, 2.05) is 36.7 Å². The standard InChI is InChI=1S/C21H23N3O3/c1-3-23-17-10-9-15(7-6-11-25)13-16(17)20-19(21(23)26)14(2)24(22-20)18-8-4-5-12-27-18/h6-7,9-11,13,18H,3-5,8,12H2,1-2H3. The number of aryl methyl sites for hydroxylation is 2. The van der Waals surface area contributed by atoms with Crippen LogP contribution in [-0.4, -0.2) is 27.2 Å². The number of aldehydes is 1. The van der Waals surface area contributed by atoms with Crippen molar-refractivity contribution >= 4 is 34.2 Å². The molecule has 1 atom stereocenters. The summed E-state index contributed by atoms with van der Waals surface area (Å²) < 4.78 is 9.56. The number of carbonyl (C=O) groups excluding carboxylic acids is 1. The summed E-state index contributed by atoms with van der Waals surface area (Å²) in [7, 11) is 0. The topological polar surface area (TPSA) is 66.1 Å². The lowest BCUT2D eigenvalue weighted by molar-refractivity contribution is -0.104. The Morgan fingerprint density at radius 1 is 1.33 bits per heavy atom. The van der Waals surface area contributed by atoms with Gasteiger partial charge in [0, 0.05) is 18.5 Å². The smallest absolute Gasteiger partial charge is 0.262 e. The van der Waals surface area contributed by atoms with Crippen molar-refractivity contribution in [2.45, 2.75) is 45.9 Å². The molecule has 1 aromatic carbocycles. The second kappa shape index (κ2) is 7.12. The van der Waals surface area contributed by atoms with Crippen LogP contribution in [-0.2, 0) is 16.1 Å². The molecule has 1 aliphatic heterocycles. The maximum absolute atomic E-state index is 13.2. The van der Waals surface area contributed by atoms with E-state index in [1.54, 1.807) is 10.6 Å². The second-order valence-corrected chi connectivity index (χ2v) is 6.90. The molecule has 0 aliphatic carbocycles. The van der Waals surface area contributed by atoms with Gasteiger partial charge in [0.2, 0.25) is 0 Å². The number of allylic oxidation sites excluding steroid dienone is 1. The Morgan fingerprint density at radius 3 is 2.89 bits per heavy atom. The number of nitrogens with zero attached hydrogens (tertiary/aromatic N) is 3. The normalized spacial score (nSPS) is 17.9. The predicted octanol–water partition coefficient (Wildman–Crippen LogP) is 3.59. The molecule has 0 radical (unpaired) electrons. The molecule has 1 fully saturated rings. The number of ether oxygens (including phenoxy) is 1. The number of rotatable bonds is 4. The lowest BCUT2D eigenvalue weighted by Crippen LogP contribution is -2.21. The summed E-state index contributed by atoms with van der Waals surface area (Å²) in [6, 6.07) is 5.82. The highest BCUT2D eigenvalue weighted by Crippen LogP contribution is 2.30. The van der Waals surface area contributed by atoms with E-state index < -0.39 is 0 Å². The van der Waals surface area contributed by atoms with Gasteiger partial charge in [-0.1, -0.05) is 12.1 Å². The zero-order chi connectivity index (χ0) is 19.0. The van der Waals surface area contributed by atoms with E-state index >= 15 is 0 Å². The van der Waals surface area contributed by atoms with E-state index in [2.05, 4.69) is 0 Å². The molecule has 6 heteroatoms. The number of aromatic nitrogens is 3. The van der Waals surface area contributed by atoms with E-state index in [4.69, 9.17) is 9.84 Å². The summed E-state index contributed by atoms with van der Waals surface area (Å²) in [6.07, 6.45) is 6.93. The Labute approximate surface area is 157 Å². The minimum atomic E-state index is -0.117. The number of fused-ring (bicyclic) bond motifs is 3. The highest BCUT2D eigenvalue weighted by atomic mass is 16.5. The SMILES string of the molecule is CCn1c(=O)c2c(C)n(C3CCCCO3)nc2c2cc(C=CC=O)ccc21. The number of carbonyl (C=O) groups is 1. The van der Waals surface area contributed by atoms with E-state index in [0.29, 0.717) is 17.4 Å². The van der Waals surface area contributed by atoms with Gasteiger partial charge in [-0.25, -0.2) is 4.68 Å². The van der Waals surface area contributed by atoms with Gasteiger partial charge in [0.25, 0.3) is 5.56 Å². The first-order chi connectivity index (χ1) is 13.2. The minimum absolute atomic E-state index is 0.0178. The van der Waals surface area contributed by atoms with E-state index in [-0.39, 0.29) is 11.8 Å². The highest BCUT2D eigenvalue weighted by molar-refractivity contribution is 6.05. The largest absolute Gasteiger partial charge is 0.357 e. The van der Waals surface area contributed by atoms with Gasteiger partial charge in [-0.15, -0.1) is 0 Å². The molecule has 6 nitrogen and oxygen atoms in total. The van der Waals surface area contributed by atoms with Crippen LogP contribution in [0, 0.1) is 6.92 Å². The van der Waals surface area contributed by atoms with Crippen LogP contribution in [0.15, 0.2) is 29.1 Å². The van der Waals surface area contributed by atoms with E-state index in [0.717, 1.165) is 54.3 Å². The molecule has 4 rings (SSSR count). The van der Waals surface area contributed by atoms with Crippen molar-refractivity contribution in [3.05, 3.63) is 45.9 Å². The van der Waals surface area contributed by atoms with Crippen molar-refractivity contribution in [1.29, 1.82) is 0 Å². The minimum Gasteiger partial charge on any atom is -0.357 e. The first kappa shape index (κ1) is 17.7. The summed E-state index contributed by atoms with van der Waals surface area (Å²) in [5.41, 5.74) is 3.29. The number of pyridine rings is 1. The van der Waals surface area contributed by atoms with Crippen LogP contribution in [0.5, 0.6) is 0 Å². The lowest BCUT2D eigenvalue weighted by Gasteiger charge is -2.23. The second-order valence-electron chi connectivity index (χ2n) is 6.90. The lowest BCUT2D eigenvalue weighted by atomic mass is 10.1. The third-order valence-electron chi connectivity index (χ3n) is 5.29. The van der Waals surface area contributed by atoms with Gasteiger partial charge >= 0.3 is 0 Å². The number of hydrogen-bond donors (Lipinski definition) is 0. The Kier molecular flexibility index (Phi) is 4.66. The fourth-order valence-corrected chi connectivity index (χ4v) is 3.95. The highest BCUT2D eigenvalue weighted by Gasteiger charge is 2.23. The van der Waals surface area contributed by atoms with Crippen molar-refractivity contribution in [3.63, 3.8) is 0 Å². The van der Waals surface area contributed by atoms with Gasteiger partial charge in [-0.2, -0.15) is 5.10 Å². The molecule has 1 aliphatic rings. The van der Waals surface area contributed by atoms with Gasteiger partial charge in [-0.3, -0.25) is 9.59 Å². The first-order valence-corrected chi connectivity index (χ1v) is 9.44. The zero-order valence-corrected chi connectivity index (χ0v) is 15.6. The van der Waals surface area contributed by atoms with E-state index in [1.165, 1.54) is 6.08 Å². The molecule has 3 heterocycles. The quantitative estimate of drug-likeness (QED) is 0.523. The summed E-state index contributed by atoms with van der Waals surface area (Å²) >= 11 is 0. The predicted molar refractivity (Wildman–Crippen MR) is 106 cm³/mol. The molecule has 27 heavy (non-hydrogen) atoms. The molecule has 0 N–H and O–H groups in total. The summed E-state index contributed by atoms with van der Waals surface area (Å²) in [5, 5.41) is 6.37. The average Bonchev–Trinajstić information content (AvgIpc) is 3.05. The molecule has 0 amide bonds. The van der Waals surface area contributed by atoms with E-state index in [9.17, 15) is 9.59 Å². The van der Waals surface area contributed by atoms with Crippen LogP contribution >= 0.6 is 0 Å². The summed E-state index contributed by atoms with van der Waals surface area (Å²) in [6.45, 7) is 5.22. The maximum atomic E-state index is 13.2. The van der Waals surface area contributed by atoms with Gasteiger partial charge in [0.15, 0.2) is 0 Å². The van der Waals surface area contributed by atoms with Crippen LogP contribution in [0.1, 0.15) is 43.7 Å². The van der Waals surface area contributed by atoms with Crippen molar-refractivity contribution in [2.75, 3.05) is 6.61 Å². The Morgan fingerprint density at radius 2 is 2.19 bits per heavy atom. The molecule has 3 aromatic rings. The molecule has 2 aromatic heterocycles. The van der Waals surface area contributed by atoms with Gasteiger partial charge in [-0.05, 0) is 56.9 Å². The fourth-order valence-electron chi connectivity index (χ4n) is 3.95. The van der Waals surface area contributed by atoms with Crippen LogP contribution in [0.25, 0.3) is 27.9 Å². The average molecular weight is 365 g/mol. The third kappa shape index (κ3) is 2.90. The molecule has 1 unspecified atom stereocenters. The third-order valence-corrected chi connectivity index (χ3v) is 5.29. The molecule has 0 saturated carbocycles. The number of hydrogen-bond acceptors (Lipinski definition) is 4. The molecule has 0 bridgehead atoms. The fraction of sp³-hybridized carbons (Fsp3) is 0.381. The Bertz CT molecular complexity index is 1100. The van der Waals surface area contributed by atoms with Crippen LogP contribution in [0.3, 0.4) is 0 Å². The summed E-state index contributed by atoms with van der Waals surface area (Å²) in [4.78, 5) is 23.8. The monoisotopic (exact) mass is 365 g/mol. The van der Waals surface area contributed by atoms with Gasteiger partial charge in [0.05, 0.1) is 16.6 Å². The number of benzene rings is 1. The van der Waals surface area contributed by atoms with Crippen molar-refractivity contribution in [3.8, 4) is 0 Å². The van der Waals surface area contributed by atoms with Crippen LogP contribution < -0.4 is 5.56 Å². The molecular formula is C21H23N3O3. The maximum Gasteiger partial charge on any atom is 0.262 e. The Balaban J connectivity index is 2.03. The van der Waals surface area contributed by atoms with Gasteiger partial charge < -0.3 is 9.30 Å². The van der Waals surface area contributed by atoms with Gasteiger partial charge in [0.1, 0.15) is 18.0 Å². The molecular weight excluding hydrogens is 342 g/mol. The Hall–Kier alpha value is -2.73.